The van der Waals surface area contributed by atoms with Crippen LogP contribution in [0.3, 0.4) is 0 Å². The van der Waals surface area contributed by atoms with E-state index in [9.17, 15) is 5.11 Å². The average Bonchev–Trinajstić information content (AvgIpc) is 3.04. The number of hydrogen-bond donors (Lipinski definition) is 1. The fourth-order valence-corrected chi connectivity index (χ4v) is 3.04. The summed E-state index contributed by atoms with van der Waals surface area (Å²) in [6.45, 7) is 0.671. The van der Waals surface area contributed by atoms with Crippen LogP contribution in [0.4, 0.5) is 0 Å². The standard InChI is InChI=1S/C15H15NO3/c16-7-9-1-2-12(19-11-5-10(17)6-11)13-14(9)18-8-15(13)3-4-15/h1-2,10-11,17H,3-6,8H2/t10-,11-. The molecule has 1 heterocycles. The molecule has 1 spiro atoms. The van der Waals surface area contributed by atoms with Gasteiger partial charge in [0.25, 0.3) is 0 Å². The molecular formula is C15H15NO3. The predicted molar refractivity (Wildman–Crippen MR) is 67.2 cm³/mol. The molecule has 4 nitrogen and oxygen atoms in total. The van der Waals surface area contributed by atoms with Gasteiger partial charge in [0.1, 0.15) is 23.7 Å². The van der Waals surface area contributed by atoms with Crippen LogP contribution < -0.4 is 9.47 Å². The normalized spacial score (nSPS) is 29.1. The molecule has 2 aliphatic carbocycles. The molecule has 98 valence electrons. The van der Waals surface area contributed by atoms with Crippen molar-refractivity contribution in [1.29, 1.82) is 5.26 Å². The molecule has 1 aliphatic heterocycles. The summed E-state index contributed by atoms with van der Waals surface area (Å²) in [6.07, 6.45) is 3.49. The summed E-state index contributed by atoms with van der Waals surface area (Å²) in [7, 11) is 0. The van der Waals surface area contributed by atoms with E-state index in [-0.39, 0.29) is 17.6 Å². The van der Waals surface area contributed by atoms with Gasteiger partial charge >= 0.3 is 0 Å². The SMILES string of the molecule is N#Cc1ccc(O[C@H]2C[C@H](O)C2)c2c1OCC21CC1. The van der Waals surface area contributed by atoms with Crippen molar-refractivity contribution in [2.75, 3.05) is 6.61 Å². The molecule has 0 amide bonds. The molecule has 4 heteroatoms. The quantitative estimate of drug-likeness (QED) is 0.878. The van der Waals surface area contributed by atoms with Gasteiger partial charge in [-0.1, -0.05) is 0 Å². The largest absolute Gasteiger partial charge is 0.491 e. The molecule has 0 saturated heterocycles. The Morgan fingerprint density at radius 2 is 2.16 bits per heavy atom. The Balaban J connectivity index is 1.72. The van der Waals surface area contributed by atoms with Gasteiger partial charge in [0.05, 0.1) is 18.3 Å². The minimum atomic E-state index is -0.220. The summed E-state index contributed by atoms with van der Waals surface area (Å²) in [5.74, 6) is 1.57. The molecule has 4 rings (SSSR count). The van der Waals surface area contributed by atoms with Crippen LogP contribution >= 0.6 is 0 Å². The van der Waals surface area contributed by atoms with Crippen molar-refractivity contribution in [1.82, 2.24) is 0 Å². The lowest BCUT2D eigenvalue weighted by atomic mass is 9.91. The number of fused-ring (bicyclic) bond motifs is 2. The third kappa shape index (κ3) is 1.55. The molecule has 19 heavy (non-hydrogen) atoms. The molecular weight excluding hydrogens is 242 g/mol. The van der Waals surface area contributed by atoms with Gasteiger partial charge in [0.2, 0.25) is 0 Å². The molecule has 2 saturated carbocycles. The molecule has 0 aromatic heterocycles. The van der Waals surface area contributed by atoms with Crippen LogP contribution in [0, 0.1) is 11.3 Å². The van der Waals surface area contributed by atoms with Crippen molar-refractivity contribution in [2.24, 2.45) is 0 Å². The fourth-order valence-electron chi connectivity index (χ4n) is 3.04. The first-order valence-electron chi connectivity index (χ1n) is 6.77. The Morgan fingerprint density at radius 1 is 1.37 bits per heavy atom. The van der Waals surface area contributed by atoms with E-state index in [0.717, 1.165) is 29.9 Å². The smallest absolute Gasteiger partial charge is 0.144 e. The van der Waals surface area contributed by atoms with Crippen LogP contribution in [0.15, 0.2) is 12.1 Å². The number of aliphatic hydroxyl groups excluding tert-OH is 1. The third-order valence-electron chi connectivity index (χ3n) is 4.48. The van der Waals surface area contributed by atoms with E-state index in [2.05, 4.69) is 6.07 Å². The highest BCUT2D eigenvalue weighted by Gasteiger charge is 2.53. The molecule has 0 atom stereocenters. The van der Waals surface area contributed by atoms with Crippen molar-refractivity contribution in [3.8, 4) is 17.6 Å². The third-order valence-corrected chi connectivity index (χ3v) is 4.48. The second-order valence-electron chi connectivity index (χ2n) is 5.86. The number of nitriles is 1. The average molecular weight is 257 g/mol. The van der Waals surface area contributed by atoms with E-state index >= 15 is 0 Å². The van der Waals surface area contributed by atoms with Crippen molar-refractivity contribution in [3.05, 3.63) is 23.3 Å². The van der Waals surface area contributed by atoms with E-state index in [4.69, 9.17) is 14.7 Å². The van der Waals surface area contributed by atoms with Gasteiger partial charge < -0.3 is 14.6 Å². The van der Waals surface area contributed by atoms with Crippen molar-refractivity contribution < 1.29 is 14.6 Å². The van der Waals surface area contributed by atoms with Gasteiger partial charge in [-0.25, -0.2) is 0 Å². The Morgan fingerprint density at radius 3 is 2.79 bits per heavy atom. The topological polar surface area (TPSA) is 62.5 Å². The van der Waals surface area contributed by atoms with Crippen molar-refractivity contribution >= 4 is 0 Å². The van der Waals surface area contributed by atoms with Gasteiger partial charge in [0, 0.05) is 23.8 Å². The molecule has 0 bridgehead atoms. The Bertz CT molecular complexity index is 580. The minimum absolute atomic E-state index is 0.0971. The maximum absolute atomic E-state index is 9.34. The first-order chi connectivity index (χ1) is 9.22. The summed E-state index contributed by atoms with van der Waals surface area (Å²) >= 11 is 0. The zero-order chi connectivity index (χ0) is 13.0. The number of rotatable bonds is 2. The molecule has 1 aromatic rings. The summed E-state index contributed by atoms with van der Waals surface area (Å²) in [4.78, 5) is 0. The molecule has 0 radical (unpaired) electrons. The molecule has 1 N–H and O–H groups in total. The lowest BCUT2D eigenvalue weighted by molar-refractivity contribution is -0.0112. The maximum Gasteiger partial charge on any atom is 0.144 e. The number of nitrogens with zero attached hydrogens (tertiary/aromatic N) is 1. The van der Waals surface area contributed by atoms with Crippen LogP contribution in [0.5, 0.6) is 11.5 Å². The summed E-state index contributed by atoms with van der Waals surface area (Å²) in [6, 6.07) is 5.84. The van der Waals surface area contributed by atoms with E-state index in [1.165, 1.54) is 0 Å². The summed E-state index contributed by atoms with van der Waals surface area (Å²) in [5.41, 5.74) is 1.78. The van der Waals surface area contributed by atoms with Crippen LogP contribution in [0.25, 0.3) is 0 Å². The number of aliphatic hydroxyl groups is 1. The van der Waals surface area contributed by atoms with E-state index in [1.54, 1.807) is 6.07 Å². The fraction of sp³-hybridized carbons (Fsp3) is 0.533. The van der Waals surface area contributed by atoms with Gasteiger partial charge in [-0.2, -0.15) is 5.26 Å². The van der Waals surface area contributed by atoms with Crippen LogP contribution in [-0.4, -0.2) is 23.9 Å². The zero-order valence-electron chi connectivity index (χ0n) is 10.6. The van der Waals surface area contributed by atoms with Crippen LogP contribution in [-0.2, 0) is 5.41 Å². The number of ether oxygens (including phenoxy) is 2. The van der Waals surface area contributed by atoms with Gasteiger partial charge in [-0.05, 0) is 25.0 Å². The van der Waals surface area contributed by atoms with Crippen molar-refractivity contribution in [3.63, 3.8) is 0 Å². The lowest BCUT2D eigenvalue weighted by Gasteiger charge is -2.32. The number of benzene rings is 1. The highest BCUT2D eigenvalue weighted by Crippen LogP contribution is 2.59. The predicted octanol–water partition coefficient (Wildman–Crippen LogP) is 1.88. The van der Waals surface area contributed by atoms with Crippen LogP contribution in [0.1, 0.15) is 36.8 Å². The van der Waals surface area contributed by atoms with E-state index in [1.807, 2.05) is 6.07 Å². The second kappa shape index (κ2) is 3.64. The van der Waals surface area contributed by atoms with Gasteiger partial charge in [0.15, 0.2) is 0 Å². The van der Waals surface area contributed by atoms with Gasteiger partial charge in [-0.3, -0.25) is 0 Å². The molecule has 1 aromatic carbocycles. The highest BCUT2D eigenvalue weighted by molar-refractivity contribution is 5.62. The molecule has 2 fully saturated rings. The van der Waals surface area contributed by atoms with E-state index in [0.29, 0.717) is 25.0 Å². The number of hydrogen-bond acceptors (Lipinski definition) is 4. The summed E-state index contributed by atoms with van der Waals surface area (Å²) in [5, 5.41) is 18.5. The van der Waals surface area contributed by atoms with E-state index < -0.39 is 0 Å². The second-order valence-corrected chi connectivity index (χ2v) is 5.86. The minimum Gasteiger partial charge on any atom is -0.491 e. The lowest BCUT2D eigenvalue weighted by Crippen LogP contribution is -2.37. The van der Waals surface area contributed by atoms with Crippen molar-refractivity contribution in [2.45, 2.75) is 43.3 Å². The Kier molecular flexibility index (Phi) is 2.13. The summed E-state index contributed by atoms with van der Waals surface area (Å²) < 4.78 is 11.7. The Labute approximate surface area is 111 Å². The first-order valence-corrected chi connectivity index (χ1v) is 6.77. The van der Waals surface area contributed by atoms with Crippen LogP contribution in [0.2, 0.25) is 0 Å². The molecule has 3 aliphatic rings. The Hall–Kier alpha value is -1.73. The van der Waals surface area contributed by atoms with Gasteiger partial charge in [-0.15, -0.1) is 0 Å². The monoisotopic (exact) mass is 257 g/mol. The molecule has 0 unspecified atom stereocenters. The maximum atomic E-state index is 9.34. The highest BCUT2D eigenvalue weighted by atomic mass is 16.5. The first kappa shape index (κ1) is 11.1. The zero-order valence-corrected chi connectivity index (χ0v) is 10.6.